The minimum Gasteiger partial charge on any atom is -0.491 e. The Balaban J connectivity index is 1.94. The summed E-state index contributed by atoms with van der Waals surface area (Å²) in [5.41, 5.74) is 2.16. The van der Waals surface area contributed by atoms with Crippen LogP contribution < -0.4 is 14.4 Å². The van der Waals surface area contributed by atoms with Crippen molar-refractivity contribution in [3.63, 3.8) is 0 Å². The number of amides is 1. The summed E-state index contributed by atoms with van der Waals surface area (Å²) in [6.45, 7) is 6.32. The molecule has 2 aromatic carbocycles. The monoisotopic (exact) mass is 390 g/mol. The molecule has 27 heavy (non-hydrogen) atoms. The fourth-order valence-corrected chi connectivity index (χ4v) is 3.57. The summed E-state index contributed by atoms with van der Waals surface area (Å²) >= 11 is 0. The second-order valence-corrected chi connectivity index (χ2v) is 8.38. The SMILES string of the molecule is CCN(c1ccc(C(=O)N[C@H](C)COc2ccc(C)cc2)cc1)S(C)(=O)=O. The highest BCUT2D eigenvalue weighted by atomic mass is 32.2. The summed E-state index contributed by atoms with van der Waals surface area (Å²) < 4.78 is 30.5. The van der Waals surface area contributed by atoms with Gasteiger partial charge in [0.15, 0.2) is 0 Å². The Labute approximate surface area is 161 Å². The molecule has 2 aromatic rings. The number of anilines is 1. The van der Waals surface area contributed by atoms with Crippen LogP contribution in [0.25, 0.3) is 0 Å². The number of carbonyl (C=O) groups excluding carboxylic acids is 1. The number of benzene rings is 2. The topological polar surface area (TPSA) is 75.7 Å². The smallest absolute Gasteiger partial charge is 0.251 e. The van der Waals surface area contributed by atoms with E-state index >= 15 is 0 Å². The van der Waals surface area contributed by atoms with Crippen molar-refractivity contribution in [2.24, 2.45) is 0 Å². The van der Waals surface area contributed by atoms with Crippen molar-refractivity contribution >= 4 is 21.6 Å². The van der Waals surface area contributed by atoms with Crippen LogP contribution in [0.15, 0.2) is 48.5 Å². The van der Waals surface area contributed by atoms with Gasteiger partial charge >= 0.3 is 0 Å². The van der Waals surface area contributed by atoms with Crippen LogP contribution in [-0.4, -0.2) is 39.8 Å². The first-order valence-corrected chi connectivity index (χ1v) is 10.6. The van der Waals surface area contributed by atoms with Gasteiger partial charge in [0.1, 0.15) is 12.4 Å². The first-order valence-electron chi connectivity index (χ1n) is 8.79. The van der Waals surface area contributed by atoms with E-state index in [0.717, 1.165) is 17.6 Å². The fraction of sp³-hybridized carbons (Fsp3) is 0.350. The largest absolute Gasteiger partial charge is 0.491 e. The van der Waals surface area contributed by atoms with E-state index in [2.05, 4.69) is 5.32 Å². The van der Waals surface area contributed by atoms with E-state index in [1.54, 1.807) is 31.2 Å². The summed E-state index contributed by atoms with van der Waals surface area (Å²) in [4.78, 5) is 12.4. The van der Waals surface area contributed by atoms with E-state index < -0.39 is 10.0 Å². The Morgan fingerprint density at radius 2 is 1.70 bits per heavy atom. The molecule has 146 valence electrons. The maximum Gasteiger partial charge on any atom is 0.251 e. The lowest BCUT2D eigenvalue weighted by Gasteiger charge is -2.20. The summed E-state index contributed by atoms with van der Waals surface area (Å²) in [5.74, 6) is 0.524. The number of aryl methyl sites for hydroxylation is 1. The zero-order chi connectivity index (χ0) is 20.0. The molecular weight excluding hydrogens is 364 g/mol. The minimum atomic E-state index is -3.34. The number of ether oxygens (including phenoxy) is 1. The molecule has 0 spiro atoms. The van der Waals surface area contributed by atoms with Gasteiger partial charge in [0.05, 0.1) is 18.0 Å². The normalized spacial score (nSPS) is 12.3. The average Bonchev–Trinajstić information content (AvgIpc) is 2.61. The third-order valence-corrected chi connectivity index (χ3v) is 5.27. The molecule has 0 saturated carbocycles. The standard InChI is InChI=1S/C20H26N2O4S/c1-5-22(27(4,24)25)18-10-8-17(9-11-18)20(23)21-16(3)14-26-19-12-6-15(2)7-13-19/h6-13,16H,5,14H2,1-4H3,(H,21,23)/t16-/m1/s1. The number of rotatable bonds is 8. The predicted octanol–water partition coefficient (Wildman–Crippen LogP) is 2.98. The number of sulfonamides is 1. The predicted molar refractivity (Wildman–Crippen MR) is 108 cm³/mol. The van der Waals surface area contributed by atoms with Crippen LogP contribution in [0.1, 0.15) is 29.8 Å². The van der Waals surface area contributed by atoms with Crippen LogP contribution in [0, 0.1) is 6.92 Å². The lowest BCUT2D eigenvalue weighted by atomic mass is 10.2. The van der Waals surface area contributed by atoms with E-state index in [0.29, 0.717) is 24.4 Å². The van der Waals surface area contributed by atoms with E-state index in [1.807, 2.05) is 38.1 Å². The van der Waals surface area contributed by atoms with Crippen molar-refractivity contribution in [2.75, 3.05) is 23.7 Å². The van der Waals surface area contributed by atoms with E-state index in [4.69, 9.17) is 4.74 Å². The second-order valence-electron chi connectivity index (χ2n) is 6.47. The third kappa shape index (κ3) is 5.99. The van der Waals surface area contributed by atoms with Crippen LogP contribution in [-0.2, 0) is 10.0 Å². The number of hydrogen-bond donors (Lipinski definition) is 1. The Kier molecular flexibility index (Phi) is 6.85. The van der Waals surface area contributed by atoms with Gasteiger partial charge in [-0.05, 0) is 57.2 Å². The number of nitrogens with zero attached hydrogens (tertiary/aromatic N) is 1. The molecule has 1 amide bonds. The molecule has 0 aromatic heterocycles. The molecule has 2 rings (SSSR count). The van der Waals surface area contributed by atoms with Crippen LogP contribution >= 0.6 is 0 Å². The highest BCUT2D eigenvalue weighted by molar-refractivity contribution is 7.92. The van der Waals surface area contributed by atoms with Crippen LogP contribution in [0.3, 0.4) is 0 Å². The van der Waals surface area contributed by atoms with Gasteiger partial charge in [-0.2, -0.15) is 0 Å². The molecule has 0 saturated heterocycles. The Bertz CT molecular complexity index is 862. The molecule has 1 N–H and O–H groups in total. The van der Waals surface area contributed by atoms with Crippen molar-refractivity contribution < 1.29 is 17.9 Å². The highest BCUT2D eigenvalue weighted by Gasteiger charge is 2.16. The molecule has 6 nitrogen and oxygen atoms in total. The van der Waals surface area contributed by atoms with Gasteiger partial charge < -0.3 is 10.1 Å². The minimum absolute atomic E-state index is 0.179. The van der Waals surface area contributed by atoms with Crippen molar-refractivity contribution in [1.29, 1.82) is 0 Å². The fourth-order valence-electron chi connectivity index (χ4n) is 2.59. The molecule has 0 aliphatic rings. The van der Waals surface area contributed by atoms with Gasteiger partial charge in [0.25, 0.3) is 5.91 Å². The summed E-state index contributed by atoms with van der Waals surface area (Å²) in [6, 6.07) is 14.0. The van der Waals surface area contributed by atoms with Gasteiger partial charge in [-0.15, -0.1) is 0 Å². The van der Waals surface area contributed by atoms with Gasteiger partial charge in [-0.25, -0.2) is 8.42 Å². The maximum atomic E-state index is 12.4. The lowest BCUT2D eigenvalue weighted by Crippen LogP contribution is -2.36. The Morgan fingerprint density at radius 3 is 2.22 bits per heavy atom. The van der Waals surface area contributed by atoms with Crippen molar-refractivity contribution in [1.82, 2.24) is 5.32 Å². The Morgan fingerprint density at radius 1 is 1.11 bits per heavy atom. The highest BCUT2D eigenvalue weighted by Crippen LogP contribution is 2.18. The molecule has 1 atom stereocenters. The quantitative estimate of drug-likeness (QED) is 0.752. The number of hydrogen-bond acceptors (Lipinski definition) is 4. The molecule has 0 fully saturated rings. The lowest BCUT2D eigenvalue weighted by molar-refractivity contribution is 0.0926. The summed E-state index contributed by atoms with van der Waals surface area (Å²) in [5, 5.41) is 2.87. The molecule has 0 unspecified atom stereocenters. The van der Waals surface area contributed by atoms with Crippen LogP contribution in [0.4, 0.5) is 5.69 Å². The zero-order valence-electron chi connectivity index (χ0n) is 16.1. The van der Waals surface area contributed by atoms with Crippen molar-refractivity contribution in [2.45, 2.75) is 26.8 Å². The van der Waals surface area contributed by atoms with Crippen molar-refractivity contribution in [3.05, 3.63) is 59.7 Å². The molecule has 0 bridgehead atoms. The van der Waals surface area contributed by atoms with Crippen LogP contribution in [0.2, 0.25) is 0 Å². The van der Waals surface area contributed by atoms with Gasteiger partial charge in [-0.1, -0.05) is 17.7 Å². The third-order valence-electron chi connectivity index (χ3n) is 4.00. The summed E-state index contributed by atoms with van der Waals surface area (Å²) in [6.07, 6.45) is 1.16. The van der Waals surface area contributed by atoms with E-state index in [1.165, 1.54) is 4.31 Å². The first kappa shape index (κ1) is 20.8. The van der Waals surface area contributed by atoms with E-state index in [-0.39, 0.29) is 11.9 Å². The second kappa shape index (κ2) is 8.90. The number of nitrogens with one attached hydrogen (secondary N) is 1. The molecule has 0 aliphatic heterocycles. The molecule has 0 radical (unpaired) electrons. The van der Waals surface area contributed by atoms with Gasteiger partial charge in [-0.3, -0.25) is 9.10 Å². The average molecular weight is 391 g/mol. The zero-order valence-corrected chi connectivity index (χ0v) is 16.9. The van der Waals surface area contributed by atoms with Gasteiger partial charge in [0, 0.05) is 12.1 Å². The molecule has 0 aliphatic carbocycles. The molecular formula is C20H26N2O4S. The Hall–Kier alpha value is -2.54. The molecule has 0 heterocycles. The molecule has 7 heteroatoms. The number of carbonyl (C=O) groups is 1. The van der Waals surface area contributed by atoms with Crippen LogP contribution in [0.5, 0.6) is 5.75 Å². The maximum absolute atomic E-state index is 12.4. The van der Waals surface area contributed by atoms with Crippen molar-refractivity contribution in [3.8, 4) is 5.75 Å². The van der Waals surface area contributed by atoms with E-state index in [9.17, 15) is 13.2 Å². The first-order chi connectivity index (χ1) is 12.7. The van der Waals surface area contributed by atoms with Gasteiger partial charge in [0.2, 0.25) is 10.0 Å². The summed E-state index contributed by atoms with van der Waals surface area (Å²) in [7, 11) is -3.34.